The van der Waals surface area contributed by atoms with E-state index in [9.17, 15) is 0 Å². The van der Waals surface area contributed by atoms with Gasteiger partial charge in [0.15, 0.2) is 0 Å². The Morgan fingerprint density at radius 2 is 2.00 bits per heavy atom. The number of rotatable bonds is 8. The van der Waals surface area contributed by atoms with Crippen molar-refractivity contribution in [3.05, 3.63) is 16.9 Å². The van der Waals surface area contributed by atoms with Crippen LogP contribution < -0.4 is 5.73 Å². The van der Waals surface area contributed by atoms with E-state index < -0.39 is 0 Å². The maximum absolute atomic E-state index is 6.49. The van der Waals surface area contributed by atoms with Gasteiger partial charge in [0.1, 0.15) is 0 Å². The standard InChI is InChI=1S/C14H26ClN3O/c1-5-9-18-12(11(15)10-17-18)13(16)14(6-2,7-3)19-8-4/h10,13H,5-9,16H2,1-4H3. The van der Waals surface area contributed by atoms with Crippen LogP contribution in [0.4, 0.5) is 0 Å². The molecule has 1 aromatic heterocycles. The summed E-state index contributed by atoms with van der Waals surface area (Å²) in [6, 6.07) is -0.260. The van der Waals surface area contributed by atoms with Crippen molar-refractivity contribution in [3.8, 4) is 0 Å². The van der Waals surface area contributed by atoms with Crippen LogP contribution >= 0.6 is 11.6 Å². The fourth-order valence-corrected chi connectivity index (χ4v) is 2.85. The molecule has 0 saturated carbocycles. The predicted molar refractivity (Wildman–Crippen MR) is 79.4 cm³/mol. The molecule has 0 fully saturated rings. The molecule has 1 rings (SSSR count). The second kappa shape index (κ2) is 7.27. The van der Waals surface area contributed by atoms with E-state index in [-0.39, 0.29) is 11.6 Å². The van der Waals surface area contributed by atoms with Gasteiger partial charge in [-0.05, 0) is 26.2 Å². The highest BCUT2D eigenvalue weighted by atomic mass is 35.5. The molecule has 0 saturated heterocycles. The van der Waals surface area contributed by atoms with Gasteiger partial charge in [0.05, 0.1) is 28.6 Å². The van der Waals surface area contributed by atoms with Crippen molar-refractivity contribution < 1.29 is 4.74 Å². The smallest absolute Gasteiger partial charge is 0.0884 e. The van der Waals surface area contributed by atoms with Crippen LogP contribution in [0.15, 0.2) is 6.20 Å². The summed E-state index contributed by atoms with van der Waals surface area (Å²) in [4.78, 5) is 0. The van der Waals surface area contributed by atoms with Gasteiger partial charge in [-0.25, -0.2) is 0 Å². The van der Waals surface area contributed by atoms with Gasteiger partial charge >= 0.3 is 0 Å². The number of aromatic nitrogens is 2. The maximum atomic E-state index is 6.49. The Morgan fingerprint density at radius 1 is 1.37 bits per heavy atom. The fraction of sp³-hybridized carbons (Fsp3) is 0.786. The van der Waals surface area contributed by atoms with E-state index in [1.165, 1.54) is 0 Å². The quantitative estimate of drug-likeness (QED) is 0.795. The molecular weight excluding hydrogens is 262 g/mol. The third-order valence-corrected chi connectivity index (χ3v) is 4.05. The van der Waals surface area contributed by atoms with Gasteiger partial charge in [-0.3, -0.25) is 4.68 Å². The van der Waals surface area contributed by atoms with E-state index >= 15 is 0 Å². The molecular formula is C14H26ClN3O. The van der Waals surface area contributed by atoms with Crippen molar-refractivity contribution in [2.75, 3.05) is 6.61 Å². The number of ether oxygens (including phenoxy) is 1. The molecule has 1 heterocycles. The third-order valence-electron chi connectivity index (χ3n) is 3.76. The molecule has 1 unspecified atom stereocenters. The van der Waals surface area contributed by atoms with E-state index in [1.807, 2.05) is 11.6 Å². The zero-order chi connectivity index (χ0) is 14.5. The molecule has 0 amide bonds. The molecule has 1 aromatic rings. The molecule has 0 aliphatic rings. The summed E-state index contributed by atoms with van der Waals surface area (Å²) in [7, 11) is 0. The summed E-state index contributed by atoms with van der Waals surface area (Å²) >= 11 is 6.28. The second-order valence-corrected chi connectivity index (χ2v) is 5.19. The summed E-state index contributed by atoms with van der Waals surface area (Å²) in [6.07, 6.45) is 4.38. The first kappa shape index (κ1) is 16.5. The molecule has 5 heteroatoms. The van der Waals surface area contributed by atoms with Crippen LogP contribution in [0, 0.1) is 0 Å². The monoisotopic (exact) mass is 287 g/mol. The molecule has 1 atom stereocenters. The summed E-state index contributed by atoms with van der Waals surface area (Å²) in [5, 5.41) is 4.95. The first-order valence-electron chi connectivity index (χ1n) is 7.16. The van der Waals surface area contributed by atoms with Crippen LogP contribution in [0.3, 0.4) is 0 Å². The number of nitrogens with two attached hydrogens (primary N) is 1. The third kappa shape index (κ3) is 3.30. The molecule has 19 heavy (non-hydrogen) atoms. The highest BCUT2D eigenvalue weighted by Gasteiger charge is 2.38. The van der Waals surface area contributed by atoms with E-state index in [4.69, 9.17) is 22.1 Å². The Kier molecular flexibility index (Phi) is 6.30. The van der Waals surface area contributed by atoms with Crippen molar-refractivity contribution in [3.63, 3.8) is 0 Å². The van der Waals surface area contributed by atoms with Crippen molar-refractivity contribution >= 4 is 11.6 Å². The predicted octanol–water partition coefficient (Wildman–Crippen LogP) is 3.54. The Labute approximate surface area is 121 Å². The van der Waals surface area contributed by atoms with Crippen molar-refractivity contribution in [1.82, 2.24) is 9.78 Å². The van der Waals surface area contributed by atoms with Gasteiger partial charge in [-0.2, -0.15) is 5.10 Å². The lowest BCUT2D eigenvalue weighted by atomic mass is 9.86. The van der Waals surface area contributed by atoms with Crippen LogP contribution in [0.5, 0.6) is 0 Å². The summed E-state index contributed by atoms with van der Waals surface area (Å²) < 4.78 is 7.89. The minimum atomic E-state index is -0.371. The van der Waals surface area contributed by atoms with E-state index in [0.717, 1.165) is 31.5 Å². The average molecular weight is 288 g/mol. The maximum Gasteiger partial charge on any atom is 0.0884 e. The van der Waals surface area contributed by atoms with Gasteiger partial charge in [0.25, 0.3) is 0 Å². The normalized spacial score (nSPS) is 13.8. The molecule has 0 radical (unpaired) electrons. The van der Waals surface area contributed by atoms with Gasteiger partial charge < -0.3 is 10.5 Å². The Bertz CT molecular complexity index is 388. The molecule has 0 aliphatic carbocycles. The van der Waals surface area contributed by atoms with E-state index in [0.29, 0.717) is 11.6 Å². The molecule has 0 spiro atoms. The number of aryl methyl sites for hydroxylation is 1. The highest BCUT2D eigenvalue weighted by molar-refractivity contribution is 6.31. The van der Waals surface area contributed by atoms with Crippen molar-refractivity contribution in [1.29, 1.82) is 0 Å². The lowest BCUT2D eigenvalue weighted by molar-refractivity contribution is -0.0662. The summed E-state index contributed by atoms with van der Waals surface area (Å²) in [5.74, 6) is 0. The van der Waals surface area contributed by atoms with E-state index in [2.05, 4.69) is 25.9 Å². The van der Waals surface area contributed by atoms with Crippen molar-refractivity contribution in [2.45, 2.75) is 65.1 Å². The van der Waals surface area contributed by atoms with Crippen LogP contribution in [-0.2, 0) is 11.3 Å². The highest BCUT2D eigenvalue weighted by Crippen LogP contribution is 2.36. The van der Waals surface area contributed by atoms with Crippen LogP contribution in [-0.4, -0.2) is 22.0 Å². The molecule has 4 nitrogen and oxygen atoms in total. The van der Waals surface area contributed by atoms with Crippen LogP contribution in [0.2, 0.25) is 5.02 Å². The lowest BCUT2D eigenvalue weighted by Crippen LogP contribution is -2.44. The molecule has 2 N–H and O–H groups in total. The zero-order valence-corrected chi connectivity index (χ0v) is 13.2. The molecule has 0 bridgehead atoms. The molecule has 0 aliphatic heterocycles. The Hall–Kier alpha value is -0.580. The minimum absolute atomic E-state index is 0.260. The van der Waals surface area contributed by atoms with Crippen LogP contribution in [0.1, 0.15) is 58.7 Å². The number of halogens is 1. The number of hydrogen-bond acceptors (Lipinski definition) is 3. The average Bonchev–Trinajstić information content (AvgIpc) is 2.77. The first-order chi connectivity index (χ1) is 9.06. The first-order valence-corrected chi connectivity index (χ1v) is 7.54. The van der Waals surface area contributed by atoms with Gasteiger partial charge in [-0.15, -0.1) is 0 Å². The second-order valence-electron chi connectivity index (χ2n) is 4.78. The summed E-state index contributed by atoms with van der Waals surface area (Å²) in [5.41, 5.74) is 7.01. The Balaban J connectivity index is 3.15. The largest absolute Gasteiger partial charge is 0.373 e. The fourth-order valence-electron chi connectivity index (χ4n) is 2.59. The topological polar surface area (TPSA) is 53.1 Å². The van der Waals surface area contributed by atoms with Gasteiger partial charge in [0, 0.05) is 13.2 Å². The Morgan fingerprint density at radius 3 is 2.47 bits per heavy atom. The lowest BCUT2D eigenvalue weighted by Gasteiger charge is -2.37. The van der Waals surface area contributed by atoms with Crippen molar-refractivity contribution in [2.24, 2.45) is 5.73 Å². The summed E-state index contributed by atoms with van der Waals surface area (Å²) in [6.45, 7) is 9.79. The number of nitrogens with zero attached hydrogens (tertiary/aromatic N) is 2. The molecule has 110 valence electrons. The van der Waals surface area contributed by atoms with Crippen LogP contribution in [0.25, 0.3) is 0 Å². The minimum Gasteiger partial charge on any atom is -0.373 e. The van der Waals surface area contributed by atoms with Gasteiger partial charge in [0.2, 0.25) is 0 Å². The number of hydrogen-bond donors (Lipinski definition) is 1. The SMILES string of the molecule is CCCn1ncc(Cl)c1C(N)C(CC)(CC)OCC. The zero-order valence-electron chi connectivity index (χ0n) is 12.4. The van der Waals surface area contributed by atoms with E-state index in [1.54, 1.807) is 6.20 Å². The molecule has 0 aromatic carbocycles. The van der Waals surface area contributed by atoms with Gasteiger partial charge in [-0.1, -0.05) is 32.4 Å².